The highest BCUT2D eigenvalue weighted by molar-refractivity contribution is 7.89. The second kappa shape index (κ2) is 6.66. The Morgan fingerprint density at radius 2 is 1.87 bits per heavy atom. The summed E-state index contributed by atoms with van der Waals surface area (Å²) in [6.07, 6.45) is 2.97. The summed E-state index contributed by atoms with van der Waals surface area (Å²) in [4.78, 5) is 6.39. The first-order valence-corrected chi connectivity index (χ1v) is 8.97. The van der Waals surface area contributed by atoms with Crippen molar-refractivity contribution in [3.05, 3.63) is 54.4 Å². The molecule has 1 aromatic heterocycles. The lowest BCUT2D eigenvalue weighted by Crippen LogP contribution is -2.48. The van der Waals surface area contributed by atoms with Gasteiger partial charge in [0.2, 0.25) is 10.0 Å². The van der Waals surface area contributed by atoms with Gasteiger partial charge in [0.05, 0.1) is 0 Å². The van der Waals surface area contributed by atoms with Gasteiger partial charge >= 0.3 is 0 Å². The van der Waals surface area contributed by atoms with Gasteiger partial charge < -0.3 is 5.73 Å². The van der Waals surface area contributed by atoms with Crippen molar-refractivity contribution < 1.29 is 8.42 Å². The highest BCUT2D eigenvalue weighted by atomic mass is 32.2. The average molecular weight is 332 g/mol. The Labute approximate surface area is 136 Å². The molecule has 1 saturated heterocycles. The smallest absolute Gasteiger partial charge is 0.244 e. The van der Waals surface area contributed by atoms with Crippen LogP contribution >= 0.6 is 0 Å². The van der Waals surface area contributed by atoms with Gasteiger partial charge in [-0.15, -0.1) is 0 Å². The van der Waals surface area contributed by atoms with E-state index in [4.69, 9.17) is 5.73 Å². The molecule has 0 amide bonds. The van der Waals surface area contributed by atoms with E-state index in [0.29, 0.717) is 26.2 Å². The van der Waals surface area contributed by atoms with E-state index in [1.54, 1.807) is 18.3 Å². The van der Waals surface area contributed by atoms with Crippen molar-refractivity contribution in [2.45, 2.75) is 11.4 Å². The normalized spacial score (nSPS) is 17.2. The summed E-state index contributed by atoms with van der Waals surface area (Å²) in [5.41, 5.74) is 7.69. The van der Waals surface area contributed by atoms with Crippen LogP contribution in [-0.4, -0.2) is 48.8 Å². The molecule has 1 aliphatic rings. The molecule has 2 aromatic rings. The third-order valence-electron chi connectivity index (χ3n) is 3.96. The number of nitrogens with zero attached hydrogens (tertiary/aromatic N) is 3. The van der Waals surface area contributed by atoms with Crippen molar-refractivity contribution in [3.8, 4) is 0 Å². The number of piperazine rings is 1. The predicted octanol–water partition coefficient (Wildman–Crippen LogP) is 1.17. The fraction of sp³-hybridized carbons (Fsp3) is 0.312. The molecule has 122 valence electrons. The van der Waals surface area contributed by atoms with Gasteiger partial charge in [0.1, 0.15) is 4.90 Å². The van der Waals surface area contributed by atoms with E-state index in [9.17, 15) is 8.42 Å². The van der Waals surface area contributed by atoms with Crippen molar-refractivity contribution in [1.29, 1.82) is 0 Å². The van der Waals surface area contributed by atoms with Gasteiger partial charge in [-0.1, -0.05) is 12.1 Å². The number of sulfonamides is 1. The van der Waals surface area contributed by atoms with E-state index in [2.05, 4.69) is 9.88 Å². The molecule has 2 heterocycles. The molecule has 0 saturated carbocycles. The second-order valence-electron chi connectivity index (χ2n) is 5.61. The number of nitrogen functional groups attached to an aromatic ring is 1. The molecule has 6 nitrogen and oxygen atoms in total. The number of anilines is 1. The van der Waals surface area contributed by atoms with Crippen LogP contribution in [-0.2, 0) is 16.6 Å². The first kappa shape index (κ1) is 15.9. The Hall–Kier alpha value is -1.96. The number of aromatic nitrogens is 1. The fourth-order valence-corrected chi connectivity index (χ4v) is 4.11. The summed E-state index contributed by atoms with van der Waals surface area (Å²) < 4.78 is 26.6. The van der Waals surface area contributed by atoms with Crippen LogP contribution < -0.4 is 5.73 Å². The zero-order chi connectivity index (χ0) is 16.3. The van der Waals surface area contributed by atoms with E-state index in [1.165, 1.54) is 10.5 Å². The first-order valence-electron chi connectivity index (χ1n) is 7.53. The fourth-order valence-electron chi connectivity index (χ4n) is 2.73. The van der Waals surface area contributed by atoms with E-state index >= 15 is 0 Å². The standard InChI is InChI=1S/C16H20N4O2S/c17-15-4-1-3-14(11-15)13-19-7-9-20(10-8-19)23(21,22)16-5-2-6-18-12-16/h1-6,11-12H,7-10,13,17H2. The van der Waals surface area contributed by atoms with E-state index in [0.717, 1.165) is 17.8 Å². The molecule has 0 aliphatic carbocycles. The number of benzene rings is 1. The Balaban J connectivity index is 1.62. The van der Waals surface area contributed by atoms with Crippen LogP contribution in [0.25, 0.3) is 0 Å². The van der Waals surface area contributed by atoms with Gasteiger partial charge in [0.15, 0.2) is 0 Å². The Bertz CT molecular complexity index is 757. The van der Waals surface area contributed by atoms with Gasteiger partial charge in [-0.3, -0.25) is 9.88 Å². The van der Waals surface area contributed by atoms with Gasteiger partial charge in [-0.2, -0.15) is 4.31 Å². The second-order valence-corrected chi connectivity index (χ2v) is 7.55. The summed E-state index contributed by atoms with van der Waals surface area (Å²) in [6, 6.07) is 11.0. The molecule has 0 bridgehead atoms. The Kier molecular flexibility index (Phi) is 4.61. The van der Waals surface area contributed by atoms with Crippen molar-refractivity contribution >= 4 is 15.7 Å². The van der Waals surface area contributed by atoms with E-state index < -0.39 is 10.0 Å². The van der Waals surface area contributed by atoms with Crippen molar-refractivity contribution in [2.24, 2.45) is 0 Å². The molecule has 1 aromatic carbocycles. The third kappa shape index (κ3) is 3.69. The molecule has 23 heavy (non-hydrogen) atoms. The molecule has 0 radical (unpaired) electrons. The molecular weight excluding hydrogens is 312 g/mol. The van der Waals surface area contributed by atoms with E-state index in [-0.39, 0.29) is 4.90 Å². The lowest BCUT2D eigenvalue weighted by Gasteiger charge is -2.33. The Morgan fingerprint density at radius 3 is 2.52 bits per heavy atom. The largest absolute Gasteiger partial charge is 0.399 e. The Morgan fingerprint density at radius 1 is 1.09 bits per heavy atom. The zero-order valence-corrected chi connectivity index (χ0v) is 13.6. The van der Waals surface area contributed by atoms with E-state index in [1.807, 2.05) is 24.3 Å². The summed E-state index contributed by atoms with van der Waals surface area (Å²) >= 11 is 0. The van der Waals surface area contributed by atoms with Crippen molar-refractivity contribution in [2.75, 3.05) is 31.9 Å². The van der Waals surface area contributed by atoms with Crippen LogP contribution in [0.5, 0.6) is 0 Å². The maximum atomic E-state index is 12.5. The molecule has 1 fully saturated rings. The molecule has 1 aliphatic heterocycles. The maximum absolute atomic E-state index is 12.5. The topological polar surface area (TPSA) is 79.5 Å². The van der Waals surface area contributed by atoms with Gasteiger partial charge in [0.25, 0.3) is 0 Å². The van der Waals surface area contributed by atoms with Gasteiger partial charge in [-0.25, -0.2) is 8.42 Å². The summed E-state index contributed by atoms with van der Waals surface area (Å²) in [5, 5.41) is 0. The number of pyridine rings is 1. The van der Waals surface area contributed by atoms with Gasteiger partial charge in [-0.05, 0) is 29.8 Å². The van der Waals surface area contributed by atoms with Crippen LogP contribution in [0.2, 0.25) is 0 Å². The number of rotatable bonds is 4. The first-order chi connectivity index (χ1) is 11.1. The number of hydrogen-bond acceptors (Lipinski definition) is 5. The van der Waals surface area contributed by atoms with Crippen LogP contribution in [0.3, 0.4) is 0 Å². The zero-order valence-electron chi connectivity index (χ0n) is 12.8. The molecule has 2 N–H and O–H groups in total. The quantitative estimate of drug-likeness (QED) is 0.850. The van der Waals surface area contributed by atoms with Crippen LogP contribution in [0.1, 0.15) is 5.56 Å². The lowest BCUT2D eigenvalue weighted by atomic mass is 10.2. The third-order valence-corrected chi connectivity index (χ3v) is 5.84. The predicted molar refractivity (Wildman–Crippen MR) is 89.1 cm³/mol. The minimum Gasteiger partial charge on any atom is -0.399 e. The monoisotopic (exact) mass is 332 g/mol. The molecule has 0 unspecified atom stereocenters. The summed E-state index contributed by atoms with van der Waals surface area (Å²) in [7, 11) is -3.44. The van der Waals surface area contributed by atoms with Gasteiger partial charge in [0, 0.05) is 50.8 Å². The highest BCUT2D eigenvalue weighted by Crippen LogP contribution is 2.18. The minimum atomic E-state index is -3.44. The molecule has 0 spiro atoms. The minimum absolute atomic E-state index is 0.254. The molecule has 0 atom stereocenters. The van der Waals surface area contributed by atoms with Crippen molar-refractivity contribution in [3.63, 3.8) is 0 Å². The summed E-state index contributed by atoms with van der Waals surface area (Å²) in [6.45, 7) is 3.16. The molecule has 7 heteroatoms. The lowest BCUT2D eigenvalue weighted by molar-refractivity contribution is 0.181. The average Bonchev–Trinajstić information content (AvgIpc) is 2.56. The number of nitrogens with two attached hydrogens (primary N) is 1. The number of hydrogen-bond donors (Lipinski definition) is 1. The SMILES string of the molecule is Nc1cccc(CN2CCN(S(=O)(=O)c3cccnc3)CC2)c1. The molecule has 3 rings (SSSR count). The molecular formula is C16H20N4O2S. The van der Waals surface area contributed by atoms with Crippen molar-refractivity contribution in [1.82, 2.24) is 14.2 Å². The maximum Gasteiger partial charge on any atom is 0.244 e. The summed E-state index contributed by atoms with van der Waals surface area (Å²) in [5.74, 6) is 0. The van der Waals surface area contributed by atoms with Crippen LogP contribution in [0.15, 0.2) is 53.7 Å². The highest BCUT2D eigenvalue weighted by Gasteiger charge is 2.28. The van der Waals surface area contributed by atoms with Crippen LogP contribution in [0, 0.1) is 0 Å². The van der Waals surface area contributed by atoms with Crippen LogP contribution in [0.4, 0.5) is 5.69 Å².